The van der Waals surface area contributed by atoms with Crippen LogP contribution in [-0.2, 0) is 4.79 Å². The zero-order valence-electron chi connectivity index (χ0n) is 20.2. The Morgan fingerprint density at radius 3 is 2.32 bits per heavy atom. The maximum absolute atomic E-state index is 12.5. The van der Waals surface area contributed by atoms with Crippen LogP contribution in [-0.4, -0.2) is 44.8 Å². The van der Waals surface area contributed by atoms with Crippen molar-refractivity contribution in [3.05, 3.63) is 85.2 Å². The third-order valence-corrected chi connectivity index (χ3v) is 5.31. The minimum absolute atomic E-state index is 0.104. The largest absolute Gasteiger partial charge is 0.493 e. The molecule has 192 valence electrons. The van der Waals surface area contributed by atoms with Gasteiger partial charge in [-0.3, -0.25) is 29.7 Å². The van der Waals surface area contributed by atoms with E-state index in [1.54, 1.807) is 6.07 Å². The van der Waals surface area contributed by atoms with Crippen LogP contribution in [0.2, 0.25) is 0 Å². The van der Waals surface area contributed by atoms with Gasteiger partial charge >= 0.3 is 11.7 Å². The lowest BCUT2D eigenvalue weighted by molar-refractivity contribution is -0.386. The van der Waals surface area contributed by atoms with Gasteiger partial charge in [0.1, 0.15) is 17.4 Å². The molecule has 1 N–H and O–H groups in total. The summed E-state index contributed by atoms with van der Waals surface area (Å²) in [7, 11) is 1.37. The normalized spacial score (nSPS) is 11.7. The number of carbonyl (C=O) groups is 2. The van der Waals surface area contributed by atoms with Gasteiger partial charge in [-0.2, -0.15) is 10.2 Å². The first kappa shape index (κ1) is 26.5. The van der Waals surface area contributed by atoms with Crippen LogP contribution < -0.4 is 14.9 Å². The second-order valence-electron chi connectivity index (χ2n) is 7.74. The van der Waals surface area contributed by atoms with Crippen molar-refractivity contribution in [2.75, 3.05) is 7.11 Å². The van der Waals surface area contributed by atoms with E-state index in [0.29, 0.717) is 5.56 Å². The molecule has 0 aliphatic carbocycles. The van der Waals surface area contributed by atoms with Gasteiger partial charge in [-0.15, -0.1) is 0 Å². The molecule has 14 nitrogen and oxygen atoms in total. The average Bonchev–Trinajstić information content (AvgIpc) is 3.17. The second-order valence-corrected chi connectivity index (χ2v) is 7.74. The van der Waals surface area contributed by atoms with E-state index in [4.69, 9.17) is 9.47 Å². The number of hydrogen-bond donors (Lipinski definition) is 1. The van der Waals surface area contributed by atoms with Crippen LogP contribution in [0.1, 0.15) is 40.3 Å². The van der Waals surface area contributed by atoms with Gasteiger partial charge in [-0.25, -0.2) is 10.2 Å². The average molecular weight is 510 g/mol. The highest BCUT2D eigenvalue weighted by Gasteiger charge is 2.27. The van der Waals surface area contributed by atoms with Crippen molar-refractivity contribution in [1.29, 1.82) is 0 Å². The zero-order chi connectivity index (χ0) is 27.3. The van der Waals surface area contributed by atoms with Crippen LogP contribution in [0.3, 0.4) is 0 Å². The molecule has 3 aromatic rings. The lowest BCUT2D eigenvalue weighted by Gasteiger charge is -2.12. The summed E-state index contributed by atoms with van der Waals surface area (Å²) in [5.74, 6) is -0.974. The summed E-state index contributed by atoms with van der Waals surface area (Å²) in [6.45, 7) is 4.53. The Morgan fingerprint density at radius 1 is 1.08 bits per heavy atom. The molecular formula is C23H22N6O8. The SMILES string of the molecule is COc1cc(/C=N/NC(=O)C(C)n2nc(C)c([N+](=O)[O-])c2C)ccc1OC(=O)c1ccc([N+](=O)[O-])cc1. The Kier molecular flexibility index (Phi) is 7.92. The first-order valence-corrected chi connectivity index (χ1v) is 10.7. The van der Waals surface area contributed by atoms with Crippen molar-refractivity contribution < 1.29 is 28.9 Å². The van der Waals surface area contributed by atoms with Crippen molar-refractivity contribution in [3.63, 3.8) is 0 Å². The predicted octanol–water partition coefficient (Wildman–Crippen LogP) is 3.26. The molecule has 0 spiro atoms. The highest BCUT2D eigenvalue weighted by atomic mass is 16.6. The van der Waals surface area contributed by atoms with Crippen LogP contribution in [0.4, 0.5) is 11.4 Å². The van der Waals surface area contributed by atoms with Crippen LogP contribution >= 0.6 is 0 Å². The van der Waals surface area contributed by atoms with Crippen LogP contribution in [0.25, 0.3) is 0 Å². The number of methoxy groups -OCH3 is 1. The van der Waals surface area contributed by atoms with Gasteiger partial charge in [-0.05, 0) is 56.7 Å². The van der Waals surface area contributed by atoms with Gasteiger partial charge in [0, 0.05) is 12.1 Å². The van der Waals surface area contributed by atoms with E-state index in [-0.39, 0.29) is 39.8 Å². The molecule has 3 rings (SSSR count). The minimum Gasteiger partial charge on any atom is -0.493 e. The van der Waals surface area contributed by atoms with E-state index in [2.05, 4.69) is 15.6 Å². The summed E-state index contributed by atoms with van der Waals surface area (Å²) in [4.78, 5) is 45.7. The number of nitrogens with zero attached hydrogens (tertiary/aromatic N) is 5. The van der Waals surface area contributed by atoms with Crippen LogP contribution in [0, 0.1) is 34.1 Å². The third-order valence-electron chi connectivity index (χ3n) is 5.31. The number of nitro groups is 2. The van der Waals surface area contributed by atoms with Gasteiger partial charge in [-0.1, -0.05) is 0 Å². The molecule has 37 heavy (non-hydrogen) atoms. The quantitative estimate of drug-likeness (QED) is 0.148. The maximum Gasteiger partial charge on any atom is 0.343 e. The smallest absolute Gasteiger partial charge is 0.343 e. The van der Waals surface area contributed by atoms with E-state index in [1.807, 2.05) is 0 Å². The molecule has 2 aromatic carbocycles. The molecule has 0 saturated carbocycles. The number of aryl methyl sites for hydroxylation is 1. The summed E-state index contributed by atoms with van der Waals surface area (Å²) in [5.41, 5.74) is 3.12. The first-order chi connectivity index (χ1) is 17.5. The van der Waals surface area contributed by atoms with E-state index >= 15 is 0 Å². The topological polar surface area (TPSA) is 181 Å². The number of ether oxygens (including phenoxy) is 2. The molecule has 0 saturated heterocycles. The van der Waals surface area contributed by atoms with Gasteiger partial charge in [0.15, 0.2) is 11.5 Å². The predicted molar refractivity (Wildman–Crippen MR) is 130 cm³/mol. The van der Waals surface area contributed by atoms with Crippen LogP contribution in [0.5, 0.6) is 11.5 Å². The summed E-state index contributed by atoms with van der Waals surface area (Å²) in [6, 6.07) is 8.62. The highest BCUT2D eigenvalue weighted by Crippen LogP contribution is 2.29. The number of non-ortho nitro benzene ring substituents is 1. The van der Waals surface area contributed by atoms with Crippen LogP contribution in [0.15, 0.2) is 47.6 Å². The highest BCUT2D eigenvalue weighted by molar-refractivity contribution is 5.92. The monoisotopic (exact) mass is 510 g/mol. The molecule has 14 heteroatoms. The second kappa shape index (κ2) is 11.1. The van der Waals surface area contributed by atoms with Gasteiger partial charge in [0.05, 0.1) is 28.7 Å². The minimum atomic E-state index is -0.861. The molecule has 0 radical (unpaired) electrons. The lowest BCUT2D eigenvalue weighted by Crippen LogP contribution is -2.28. The van der Waals surface area contributed by atoms with E-state index in [9.17, 15) is 29.8 Å². The molecule has 1 unspecified atom stereocenters. The maximum atomic E-state index is 12.5. The van der Waals surface area contributed by atoms with E-state index in [1.165, 1.54) is 75.2 Å². The molecule has 1 heterocycles. The fourth-order valence-electron chi connectivity index (χ4n) is 3.40. The molecule has 0 bridgehead atoms. The van der Waals surface area contributed by atoms with Crippen molar-refractivity contribution in [2.24, 2.45) is 5.10 Å². The summed E-state index contributed by atoms with van der Waals surface area (Å²) in [5, 5.41) is 29.9. The summed E-state index contributed by atoms with van der Waals surface area (Å²) in [6.07, 6.45) is 1.33. The van der Waals surface area contributed by atoms with Gasteiger partial charge in [0.2, 0.25) is 0 Å². The number of aromatic nitrogens is 2. The van der Waals surface area contributed by atoms with E-state index < -0.39 is 27.8 Å². The standard InChI is InChI=1S/C23H22N6O8/c1-13-21(29(34)35)14(2)27(26-13)15(3)22(30)25-24-12-16-5-10-19(20(11-16)36-4)37-23(31)17-6-8-18(9-7-17)28(32)33/h5-12,15H,1-4H3,(H,25,30)/b24-12+. The number of amides is 1. The number of esters is 1. The molecule has 1 amide bonds. The summed E-state index contributed by atoms with van der Waals surface area (Å²) >= 11 is 0. The van der Waals surface area contributed by atoms with Crippen molar-refractivity contribution in [1.82, 2.24) is 15.2 Å². The van der Waals surface area contributed by atoms with Crippen molar-refractivity contribution in [2.45, 2.75) is 26.8 Å². The number of nitrogens with one attached hydrogen (secondary N) is 1. The fourth-order valence-corrected chi connectivity index (χ4v) is 3.40. The number of nitro benzene ring substituents is 1. The summed E-state index contributed by atoms with van der Waals surface area (Å²) < 4.78 is 11.9. The Bertz CT molecular complexity index is 1400. The molecule has 0 aliphatic rings. The molecule has 0 fully saturated rings. The molecule has 1 atom stereocenters. The number of rotatable bonds is 9. The Labute approximate surface area is 209 Å². The number of benzene rings is 2. The van der Waals surface area contributed by atoms with Gasteiger partial charge in [0.25, 0.3) is 11.6 Å². The Hall–Kier alpha value is -5.14. The number of carbonyl (C=O) groups excluding carboxylic acids is 2. The van der Waals surface area contributed by atoms with E-state index in [0.717, 1.165) is 0 Å². The Morgan fingerprint density at radius 2 is 1.76 bits per heavy atom. The fraction of sp³-hybridized carbons (Fsp3) is 0.217. The lowest BCUT2D eigenvalue weighted by atomic mass is 10.2. The molecular weight excluding hydrogens is 488 g/mol. The zero-order valence-corrected chi connectivity index (χ0v) is 20.2. The van der Waals surface area contributed by atoms with Gasteiger partial charge < -0.3 is 9.47 Å². The first-order valence-electron chi connectivity index (χ1n) is 10.7. The van der Waals surface area contributed by atoms with Crippen molar-refractivity contribution >= 4 is 29.5 Å². The Balaban J connectivity index is 1.67. The molecule has 1 aromatic heterocycles. The number of hydrazone groups is 1. The number of hydrogen-bond acceptors (Lipinski definition) is 10. The van der Waals surface area contributed by atoms with Crippen molar-refractivity contribution in [3.8, 4) is 11.5 Å². The molecule has 0 aliphatic heterocycles. The third kappa shape index (κ3) is 5.93.